The van der Waals surface area contributed by atoms with E-state index >= 15 is 0 Å². The van der Waals surface area contributed by atoms with Gasteiger partial charge in [-0.05, 0) is 42.9 Å². The molecule has 0 aromatic heterocycles. The van der Waals surface area contributed by atoms with E-state index in [1.807, 2.05) is 6.92 Å². The minimum absolute atomic E-state index is 0.00732. The molecule has 138 valence electrons. The maximum atomic E-state index is 13.1. The van der Waals surface area contributed by atoms with Crippen molar-refractivity contribution >= 4 is 23.5 Å². The zero-order valence-corrected chi connectivity index (χ0v) is 14.8. The molecule has 3 rings (SSSR count). The van der Waals surface area contributed by atoms with E-state index in [0.717, 1.165) is 6.42 Å². The molecule has 6 atom stereocenters. The molecule has 3 saturated carbocycles. The van der Waals surface area contributed by atoms with Crippen molar-refractivity contribution in [3.8, 4) is 0 Å². The van der Waals surface area contributed by atoms with Gasteiger partial charge in [0.15, 0.2) is 0 Å². The van der Waals surface area contributed by atoms with Crippen molar-refractivity contribution in [3.63, 3.8) is 0 Å². The number of hydrogen-bond donors (Lipinski definition) is 2. The highest BCUT2D eigenvalue weighted by atomic mass is 16.4. The number of ketones is 2. The van der Waals surface area contributed by atoms with E-state index in [4.69, 9.17) is 5.11 Å². The van der Waals surface area contributed by atoms with E-state index in [2.05, 4.69) is 0 Å². The number of carbonyl (C=O) groups excluding carboxylic acids is 2. The topological polar surface area (TPSA) is 109 Å². The molecule has 2 N–H and O–H groups in total. The lowest BCUT2D eigenvalue weighted by molar-refractivity contribution is -0.164. The van der Waals surface area contributed by atoms with Crippen molar-refractivity contribution in [2.75, 3.05) is 0 Å². The summed E-state index contributed by atoms with van der Waals surface area (Å²) in [4.78, 5) is 48.4. The third-order valence-corrected chi connectivity index (χ3v) is 7.44. The minimum atomic E-state index is -0.962. The average Bonchev–Trinajstić information content (AvgIpc) is 2.85. The molecule has 4 unspecified atom stereocenters. The van der Waals surface area contributed by atoms with Crippen molar-refractivity contribution in [2.45, 2.75) is 58.8 Å². The van der Waals surface area contributed by atoms with Crippen LogP contribution in [0.15, 0.2) is 0 Å². The van der Waals surface area contributed by atoms with Gasteiger partial charge in [0.1, 0.15) is 11.6 Å². The van der Waals surface area contributed by atoms with E-state index in [1.165, 1.54) is 0 Å². The summed E-state index contributed by atoms with van der Waals surface area (Å²) in [5.74, 6) is -2.71. The molecule has 6 nitrogen and oxygen atoms in total. The lowest BCUT2D eigenvalue weighted by Crippen LogP contribution is -2.57. The smallest absolute Gasteiger partial charge is 0.307 e. The van der Waals surface area contributed by atoms with Crippen LogP contribution in [0.5, 0.6) is 0 Å². The van der Waals surface area contributed by atoms with Crippen molar-refractivity contribution < 1.29 is 29.4 Å². The SMILES string of the molecule is C[C@]12CC(=O)C3C(CCC(=O)[C@]3(C)CCC(=O)O)C1CCC2C(=O)O. The van der Waals surface area contributed by atoms with Crippen molar-refractivity contribution in [2.24, 2.45) is 34.5 Å². The lowest BCUT2D eigenvalue weighted by Gasteiger charge is -2.54. The number of hydrogen-bond acceptors (Lipinski definition) is 4. The maximum Gasteiger partial charge on any atom is 0.307 e. The number of carbonyl (C=O) groups is 4. The first-order chi connectivity index (χ1) is 11.6. The molecular weight excluding hydrogens is 324 g/mol. The Morgan fingerprint density at radius 3 is 2.40 bits per heavy atom. The molecule has 0 aliphatic heterocycles. The van der Waals surface area contributed by atoms with E-state index in [-0.39, 0.29) is 42.7 Å². The molecule has 0 spiro atoms. The summed E-state index contributed by atoms with van der Waals surface area (Å²) in [5.41, 5.74) is -1.47. The fraction of sp³-hybridized carbons (Fsp3) is 0.789. The van der Waals surface area contributed by atoms with Crippen LogP contribution in [-0.4, -0.2) is 33.7 Å². The summed E-state index contributed by atoms with van der Waals surface area (Å²) in [5, 5.41) is 18.6. The zero-order valence-electron chi connectivity index (χ0n) is 14.8. The van der Waals surface area contributed by atoms with Crippen molar-refractivity contribution in [1.29, 1.82) is 0 Å². The number of carboxylic acids is 2. The number of Topliss-reactive ketones (excluding diaryl/α,β-unsaturated/α-hetero) is 2. The molecule has 0 aromatic rings. The van der Waals surface area contributed by atoms with Crippen LogP contribution in [0, 0.1) is 34.5 Å². The van der Waals surface area contributed by atoms with Gasteiger partial charge in [0.25, 0.3) is 0 Å². The van der Waals surface area contributed by atoms with Gasteiger partial charge in [0, 0.05) is 30.6 Å². The molecule has 0 heterocycles. The zero-order chi connectivity index (χ0) is 18.6. The molecule has 3 aliphatic rings. The van der Waals surface area contributed by atoms with Crippen LogP contribution in [0.1, 0.15) is 58.8 Å². The van der Waals surface area contributed by atoms with Crippen LogP contribution >= 0.6 is 0 Å². The van der Waals surface area contributed by atoms with Gasteiger partial charge in [-0.2, -0.15) is 0 Å². The van der Waals surface area contributed by atoms with Gasteiger partial charge in [-0.15, -0.1) is 0 Å². The summed E-state index contributed by atoms with van der Waals surface area (Å²) >= 11 is 0. The highest BCUT2D eigenvalue weighted by Gasteiger charge is 2.63. The van der Waals surface area contributed by atoms with Crippen molar-refractivity contribution in [3.05, 3.63) is 0 Å². The number of carboxylic acid groups (broad SMARTS) is 2. The van der Waals surface area contributed by atoms with Crippen LogP contribution in [0.25, 0.3) is 0 Å². The Morgan fingerprint density at radius 1 is 1.12 bits per heavy atom. The second-order valence-corrected chi connectivity index (χ2v) is 8.64. The summed E-state index contributed by atoms with van der Waals surface area (Å²) in [6.45, 7) is 3.67. The molecule has 25 heavy (non-hydrogen) atoms. The van der Waals surface area contributed by atoms with Crippen LogP contribution in [0.3, 0.4) is 0 Å². The predicted octanol–water partition coefficient (Wildman–Crippen LogP) is 2.54. The monoisotopic (exact) mass is 350 g/mol. The quantitative estimate of drug-likeness (QED) is 0.806. The van der Waals surface area contributed by atoms with Gasteiger partial charge >= 0.3 is 11.9 Å². The fourth-order valence-electron chi connectivity index (χ4n) is 6.20. The van der Waals surface area contributed by atoms with E-state index in [1.54, 1.807) is 6.92 Å². The summed E-state index contributed by atoms with van der Waals surface area (Å²) in [6, 6.07) is 0. The summed E-state index contributed by atoms with van der Waals surface area (Å²) in [7, 11) is 0. The summed E-state index contributed by atoms with van der Waals surface area (Å²) in [6.07, 6.45) is 2.56. The Hall–Kier alpha value is -1.72. The standard InChI is InChI=1S/C19H26O6/c1-18(8-7-15(22)23)14(21)6-3-10-11-4-5-12(17(24)25)19(11,2)9-13(20)16(10)18/h10-12,16H,3-9H2,1-2H3,(H,22,23)(H,24,25)/t10?,11?,12?,16?,18-,19-/m0/s1. The highest BCUT2D eigenvalue weighted by Crippen LogP contribution is 2.63. The molecule has 6 heteroatoms. The Morgan fingerprint density at radius 2 is 1.80 bits per heavy atom. The third-order valence-electron chi connectivity index (χ3n) is 7.44. The van der Waals surface area contributed by atoms with Crippen LogP contribution in [-0.2, 0) is 19.2 Å². The van der Waals surface area contributed by atoms with Crippen molar-refractivity contribution in [1.82, 2.24) is 0 Å². The lowest BCUT2D eigenvalue weighted by atomic mass is 9.48. The molecule has 3 fully saturated rings. The molecule has 0 saturated heterocycles. The Balaban J connectivity index is 1.95. The van der Waals surface area contributed by atoms with E-state index in [0.29, 0.717) is 19.3 Å². The first-order valence-electron chi connectivity index (χ1n) is 9.12. The Bertz CT molecular complexity index is 640. The minimum Gasteiger partial charge on any atom is -0.481 e. The Kier molecular flexibility index (Phi) is 4.28. The molecule has 0 amide bonds. The van der Waals surface area contributed by atoms with Gasteiger partial charge in [0.05, 0.1) is 5.92 Å². The van der Waals surface area contributed by atoms with Crippen LogP contribution in [0.2, 0.25) is 0 Å². The second-order valence-electron chi connectivity index (χ2n) is 8.64. The third kappa shape index (κ3) is 2.61. The fourth-order valence-corrected chi connectivity index (χ4v) is 6.20. The van der Waals surface area contributed by atoms with Gasteiger partial charge in [-0.25, -0.2) is 0 Å². The normalized spacial score (nSPS) is 43.4. The first kappa shape index (κ1) is 18.1. The first-order valence-corrected chi connectivity index (χ1v) is 9.12. The molecule has 0 bridgehead atoms. The van der Waals surface area contributed by atoms with Gasteiger partial charge in [-0.1, -0.05) is 13.8 Å². The second kappa shape index (κ2) is 5.92. The van der Waals surface area contributed by atoms with Gasteiger partial charge in [0.2, 0.25) is 0 Å². The van der Waals surface area contributed by atoms with E-state index < -0.39 is 34.6 Å². The van der Waals surface area contributed by atoms with Crippen LogP contribution < -0.4 is 0 Å². The number of fused-ring (bicyclic) bond motifs is 3. The molecule has 0 radical (unpaired) electrons. The molecule has 0 aromatic carbocycles. The predicted molar refractivity (Wildman–Crippen MR) is 87.8 cm³/mol. The van der Waals surface area contributed by atoms with Crippen LogP contribution in [0.4, 0.5) is 0 Å². The van der Waals surface area contributed by atoms with Gasteiger partial charge < -0.3 is 10.2 Å². The van der Waals surface area contributed by atoms with Gasteiger partial charge in [-0.3, -0.25) is 19.2 Å². The molecule has 3 aliphatic carbocycles. The largest absolute Gasteiger partial charge is 0.481 e. The molecular formula is C19H26O6. The number of aliphatic carboxylic acids is 2. The maximum absolute atomic E-state index is 13.1. The highest BCUT2D eigenvalue weighted by molar-refractivity contribution is 5.95. The number of rotatable bonds is 4. The average molecular weight is 350 g/mol. The Labute approximate surface area is 147 Å². The summed E-state index contributed by atoms with van der Waals surface area (Å²) < 4.78 is 0. The van der Waals surface area contributed by atoms with E-state index in [9.17, 15) is 24.3 Å².